The van der Waals surface area contributed by atoms with Crippen molar-refractivity contribution >= 4 is 18.8 Å². The number of ether oxygens (including phenoxy) is 1. The van der Waals surface area contributed by atoms with Crippen LogP contribution in [0.3, 0.4) is 0 Å². The highest BCUT2D eigenvalue weighted by molar-refractivity contribution is 5.88. The van der Waals surface area contributed by atoms with Gasteiger partial charge in [-0.25, -0.2) is 9.98 Å². The van der Waals surface area contributed by atoms with Crippen molar-refractivity contribution in [3.63, 3.8) is 0 Å². The van der Waals surface area contributed by atoms with E-state index in [-0.39, 0.29) is 0 Å². The van der Waals surface area contributed by atoms with Gasteiger partial charge in [0.1, 0.15) is 0 Å². The molecular weight excluding hydrogens is 306 g/mol. The first-order chi connectivity index (χ1) is 11.5. The minimum absolute atomic E-state index is 0.573. The molecule has 7 heteroatoms. The van der Waals surface area contributed by atoms with Crippen LogP contribution in [0.1, 0.15) is 6.42 Å². The van der Waals surface area contributed by atoms with E-state index in [1.807, 2.05) is 26.0 Å². The van der Waals surface area contributed by atoms with Gasteiger partial charge >= 0.3 is 0 Å². The molecule has 24 heavy (non-hydrogen) atoms. The molecule has 0 fully saturated rings. The van der Waals surface area contributed by atoms with Crippen LogP contribution in [0, 0.1) is 0 Å². The number of hydrogen-bond acceptors (Lipinski definition) is 5. The minimum atomic E-state index is 0.573. The van der Waals surface area contributed by atoms with Crippen molar-refractivity contribution in [2.75, 3.05) is 48.4 Å². The summed E-state index contributed by atoms with van der Waals surface area (Å²) in [7, 11) is 9.18. The van der Waals surface area contributed by atoms with Crippen LogP contribution in [0.2, 0.25) is 0 Å². The van der Waals surface area contributed by atoms with Gasteiger partial charge in [-0.2, -0.15) is 0 Å². The van der Waals surface area contributed by atoms with E-state index in [1.165, 1.54) is 18.4 Å². The second-order valence-electron chi connectivity index (χ2n) is 5.36. The van der Waals surface area contributed by atoms with Crippen molar-refractivity contribution in [3.05, 3.63) is 36.7 Å². The predicted octanol–water partition coefficient (Wildman–Crippen LogP) is 1.57. The molecule has 0 aliphatic carbocycles. The molecule has 0 atom stereocenters. The van der Waals surface area contributed by atoms with Gasteiger partial charge in [0.2, 0.25) is 12.4 Å². The normalized spacial score (nSPS) is 12.9. The fourth-order valence-electron chi connectivity index (χ4n) is 1.76. The molecule has 7 nitrogen and oxygen atoms in total. The Kier molecular flexibility index (Phi) is 11.8. The number of carbonyl (C=O) groups excluding carboxylic acids is 1. The molecule has 0 rings (SSSR count). The van der Waals surface area contributed by atoms with Crippen LogP contribution in [0.4, 0.5) is 0 Å². The number of methoxy groups -OCH3 is 1. The average molecular weight is 335 g/mol. The molecular formula is C17H29N5O2. The average Bonchev–Trinajstić information content (AvgIpc) is 2.56. The maximum Gasteiger partial charge on any atom is 0.216 e. The summed E-state index contributed by atoms with van der Waals surface area (Å²) in [4.78, 5) is 24.9. The maximum absolute atomic E-state index is 11.1. The molecule has 0 aliphatic rings. The minimum Gasteiger partial charge on any atom is -0.486 e. The second-order valence-corrected chi connectivity index (χ2v) is 5.36. The Balaban J connectivity index is 5.02. The summed E-state index contributed by atoms with van der Waals surface area (Å²) in [6.07, 6.45) is 9.67. The van der Waals surface area contributed by atoms with E-state index < -0.39 is 0 Å². The Morgan fingerprint density at radius 2 is 1.92 bits per heavy atom. The summed E-state index contributed by atoms with van der Waals surface area (Å²) >= 11 is 0. The van der Waals surface area contributed by atoms with Gasteiger partial charge in [-0.1, -0.05) is 12.7 Å². The van der Waals surface area contributed by atoms with Crippen LogP contribution in [0.25, 0.3) is 0 Å². The highest BCUT2D eigenvalue weighted by Crippen LogP contribution is 2.01. The third kappa shape index (κ3) is 9.58. The van der Waals surface area contributed by atoms with E-state index in [0.717, 1.165) is 31.5 Å². The molecule has 0 aromatic carbocycles. The SMILES string of the molecule is C=CC(/C=C/N=C(N(C)C=O)N(C)CCCN(C)C)=C\N=COC. The molecule has 0 radical (unpaired) electrons. The first-order valence-corrected chi connectivity index (χ1v) is 7.61. The summed E-state index contributed by atoms with van der Waals surface area (Å²) in [5.74, 6) is 0.573. The van der Waals surface area contributed by atoms with Crippen molar-refractivity contribution in [3.8, 4) is 0 Å². The van der Waals surface area contributed by atoms with E-state index in [0.29, 0.717) is 5.96 Å². The van der Waals surface area contributed by atoms with Crippen LogP contribution < -0.4 is 0 Å². The summed E-state index contributed by atoms with van der Waals surface area (Å²) in [5, 5.41) is 0. The van der Waals surface area contributed by atoms with E-state index >= 15 is 0 Å². The highest BCUT2D eigenvalue weighted by atomic mass is 16.5. The van der Waals surface area contributed by atoms with Gasteiger partial charge in [-0.05, 0) is 38.7 Å². The molecule has 1 amide bonds. The van der Waals surface area contributed by atoms with Crippen molar-refractivity contribution in [2.45, 2.75) is 6.42 Å². The van der Waals surface area contributed by atoms with Crippen molar-refractivity contribution in [2.24, 2.45) is 9.98 Å². The van der Waals surface area contributed by atoms with Gasteiger partial charge in [0.15, 0.2) is 6.40 Å². The van der Waals surface area contributed by atoms with Crippen molar-refractivity contribution in [1.29, 1.82) is 0 Å². The lowest BCUT2D eigenvalue weighted by Crippen LogP contribution is -2.40. The molecule has 0 spiro atoms. The van der Waals surface area contributed by atoms with Crippen LogP contribution in [-0.2, 0) is 9.53 Å². The number of amides is 1. The molecule has 0 aromatic rings. The Bertz CT molecular complexity index is 495. The van der Waals surface area contributed by atoms with Crippen LogP contribution in [0.15, 0.2) is 46.7 Å². The van der Waals surface area contributed by atoms with Crippen LogP contribution in [0.5, 0.6) is 0 Å². The van der Waals surface area contributed by atoms with Crippen LogP contribution in [-0.4, -0.2) is 81.9 Å². The van der Waals surface area contributed by atoms with Gasteiger partial charge in [-0.3, -0.25) is 9.69 Å². The topological polar surface area (TPSA) is 60.7 Å². The zero-order chi connectivity index (χ0) is 18.4. The molecule has 0 aliphatic heterocycles. The van der Waals surface area contributed by atoms with Gasteiger partial charge in [0.25, 0.3) is 0 Å². The van der Waals surface area contributed by atoms with E-state index in [1.54, 1.807) is 31.6 Å². The molecule has 0 heterocycles. The summed E-state index contributed by atoms with van der Waals surface area (Å²) < 4.78 is 4.73. The molecule has 0 bridgehead atoms. The number of aliphatic imine (C=N–C) groups is 2. The van der Waals surface area contributed by atoms with E-state index in [2.05, 4.69) is 21.5 Å². The number of hydrogen-bond donors (Lipinski definition) is 0. The van der Waals surface area contributed by atoms with Gasteiger partial charge < -0.3 is 14.5 Å². The molecule has 0 unspecified atom stereocenters. The number of guanidine groups is 1. The standard InChI is InChI=1S/C17H29N5O2/c1-7-16(13-18-14-24-6)9-10-19-17(22(5)15-23)21(4)12-8-11-20(2)3/h7,9-10,13-15H,1,8,11-12H2,2-6H3/b10-9+,16-13+,18-14?,19-17?. The summed E-state index contributed by atoms with van der Waals surface area (Å²) in [6.45, 7) is 5.48. The molecule has 134 valence electrons. The monoisotopic (exact) mass is 335 g/mol. The smallest absolute Gasteiger partial charge is 0.216 e. The number of rotatable bonds is 10. The lowest BCUT2D eigenvalue weighted by Gasteiger charge is -2.25. The Morgan fingerprint density at radius 1 is 1.21 bits per heavy atom. The molecule has 0 saturated carbocycles. The Morgan fingerprint density at radius 3 is 2.46 bits per heavy atom. The number of carbonyl (C=O) groups is 1. The maximum atomic E-state index is 11.1. The van der Waals surface area contributed by atoms with Crippen molar-refractivity contribution < 1.29 is 9.53 Å². The first kappa shape index (κ1) is 21.6. The highest BCUT2D eigenvalue weighted by Gasteiger charge is 2.10. The van der Waals surface area contributed by atoms with E-state index in [9.17, 15) is 4.79 Å². The number of nitrogens with zero attached hydrogens (tertiary/aromatic N) is 5. The predicted molar refractivity (Wildman–Crippen MR) is 100.0 cm³/mol. The molecule has 0 saturated heterocycles. The first-order valence-electron chi connectivity index (χ1n) is 7.61. The van der Waals surface area contributed by atoms with Gasteiger partial charge in [0, 0.05) is 33.0 Å². The van der Waals surface area contributed by atoms with Crippen molar-refractivity contribution in [1.82, 2.24) is 14.7 Å². The zero-order valence-electron chi connectivity index (χ0n) is 15.3. The number of allylic oxidation sites excluding steroid dienone is 3. The second kappa shape index (κ2) is 13.1. The molecule has 0 N–H and O–H groups in total. The third-order valence-corrected chi connectivity index (χ3v) is 3.00. The fraction of sp³-hybridized carbons (Fsp3) is 0.471. The zero-order valence-corrected chi connectivity index (χ0v) is 15.3. The molecule has 0 aromatic heterocycles. The lowest BCUT2D eigenvalue weighted by atomic mass is 10.3. The summed E-state index contributed by atoms with van der Waals surface area (Å²) in [5.41, 5.74) is 0.774. The van der Waals surface area contributed by atoms with Gasteiger partial charge in [-0.15, -0.1) is 0 Å². The Labute approximate surface area is 145 Å². The largest absolute Gasteiger partial charge is 0.486 e. The summed E-state index contributed by atoms with van der Waals surface area (Å²) in [6, 6.07) is 0. The fourth-order valence-corrected chi connectivity index (χ4v) is 1.76. The lowest BCUT2D eigenvalue weighted by molar-refractivity contribution is -0.114. The van der Waals surface area contributed by atoms with Gasteiger partial charge in [0.05, 0.1) is 7.11 Å². The third-order valence-electron chi connectivity index (χ3n) is 3.00. The Hall–Kier alpha value is -2.41. The van der Waals surface area contributed by atoms with E-state index in [4.69, 9.17) is 4.74 Å². The quantitative estimate of drug-likeness (QED) is 0.263. The van der Waals surface area contributed by atoms with Crippen LogP contribution >= 0.6 is 0 Å².